The van der Waals surface area contributed by atoms with E-state index in [1.54, 1.807) is 0 Å². The lowest BCUT2D eigenvalue weighted by atomic mass is 9.44. The average Bonchev–Trinajstić information content (AvgIpc) is 2.44. The average molecular weight is 305 g/mol. The van der Waals surface area contributed by atoms with Crippen LogP contribution in [0.15, 0.2) is 0 Å². The van der Waals surface area contributed by atoms with Gasteiger partial charge in [0.1, 0.15) is 0 Å². The highest BCUT2D eigenvalue weighted by Crippen LogP contribution is 2.63. The molecule has 128 valence electrons. The van der Waals surface area contributed by atoms with Gasteiger partial charge in [-0.1, -0.05) is 55.4 Å². The molecule has 0 saturated heterocycles. The summed E-state index contributed by atoms with van der Waals surface area (Å²) in [5.41, 5.74) is 1.37. The summed E-state index contributed by atoms with van der Waals surface area (Å²) < 4.78 is 0. The molecule has 8 atom stereocenters. The monoisotopic (exact) mass is 304 g/mol. The van der Waals surface area contributed by atoms with Gasteiger partial charge in [0, 0.05) is 0 Å². The summed E-state index contributed by atoms with van der Waals surface area (Å²) in [6, 6.07) is 0. The summed E-state index contributed by atoms with van der Waals surface area (Å²) in [7, 11) is 0. The summed E-state index contributed by atoms with van der Waals surface area (Å²) in [6.07, 6.45) is 6.03. The molecule has 6 saturated carbocycles. The van der Waals surface area contributed by atoms with E-state index in [1.807, 2.05) is 0 Å². The topological polar surface area (TPSA) is 0 Å². The Morgan fingerprint density at radius 2 is 0.864 bits per heavy atom. The van der Waals surface area contributed by atoms with Gasteiger partial charge < -0.3 is 0 Å². The van der Waals surface area contributed by atoms with Crippen molar-refractivity contribution in [3.63, 3.8) is 0 Å². The molecule has 0 amide bonds. The molecule has 0 aromatic heterocycles. The van der Waals surface area contributed by atoms with Crippen molar-refractivity contribution in [3.05, 3.63) is 0 Å². The molecule has 8 unspecified atom stereocenters. The molecule has 0 nitrogen and oxygen atoms in total. The van der Waals surface area contributed by atoms with E-state index in [2.05, 4.69) is 55.4 Å². The second-order valence-electron chi connectivity index (χ2n) is 10.9. The van der Waals surface area contributed by atoms with E-state index in [0.29, 0.717) is 10.8 Å². The summed E-state index contributed by atoms with van der Waals surface area (Å²) in [5.74, 6) is 8.13. The molecule has 22 heavy (non-hydrogen) atoms. The van der Waals surface area contributed by atoms with Crippen LogP contribution in [-0.2, 0) is 0 Å². The Kier molecular flexibility index (Phi) is 4.02. The van der Waals surface area contributed by atoms with E-state index in [9.17, 15) is 0 Å². The van der Waals surface area contributed by atoms with Crippen molar-refractivity contribution in [2.45, 2.75) is 81.1 Å². The Bertz CT molecular complexity index is 378. The maximum Gasteiger partial charge on any atom is -0.0295 e. The first kappa shape index (κ1) is 16.8. The lowest BCUT2D eigenvalue weighted by Gasteiger charge is -2.61. The third-order valence-electron chi connectivity index (χ3n) is 9.47. The van der Waals surface area contributed by atoms with Crippen LogP contribution < -0.4 is 0 Å². The smallest absolute Gasteiger partial charge is 0.0295 e. The highest BCUT2D eigenvalue weighted by Gasteiger charge is 2.55. The summed E-state index contributed by atoms with van der Waals surface area (Å²) in [6.45, 7) is 19.6. The quantitative estimate of drug-likeness (QED) is 0.470. The predicted octanol–water partition coefficient (Wildman–Crippen LogP) is 6.65. The van der Waals surface area contributed by atoms with Crippen molar-refractivity contribution in [2.24, 2.45) is 58.2 Å². The maximum absolute atomic E-state index is 2.47. The Morgan fingerprint density at radius 1 is 0.545 bits per heavy atom. The summed E-state index contributed by atoms with van der Waals surface area (Å²) in [5, 5.41) is 0. The Labute approximate surface area is 139 Å². The second-order valence-corrected chi connectivity index (χ2v) is 10.9. The highest BCUT2D eigenvalue weighted by molar-refractivity contribution is 5.04. The number of rotatable bonds is 0. The van der Waals surface area contributed by atoms with E-state index < -0.39 is 0 Å². The third-order valence-corrected chi connectivity index (χ3v) is 9.47. The minimum absolute atomic E-state index is 0.686. The van der Waals surface area contributed by atoms with E-state index in [0.717, 1.165) is 47.3 Å². The molecule has 0 spiro atoms. The zero-order chi connectivity index (χ0) is 16.4. The fourth-order valence-electron chi connectivity index (χ4n) is 6.82. The lowest BCUT2D eigenvalue weighted by molar-refractivity contribution is -0.124. The van der Waals surface area contributed by atoms with Crippen LogP contribution in [0, 0.1) is 58.2 Å². The molecule has 0 aromatic carbocycles. The Morgan fingerprint density at radius 3 is 1.05 bits per heavy atom. The highest BCUT2D eigenvalue weighted by atomic mass is 14.6. The SMILES string of the molecule is CC1CC2CC(C1C)C2(C)C.CC1CC2CC(C1C)C2(C)C. The van der Waals surface area contributed by atoms with E-state index in [4.69, 9.17) is 0 Å². The van der Waals surface area contributed by atoms with Gasteiger partial charge in [-0.3, -0.25) is 0 Å². The minimum Gasteiger partial charge on any atom is -0.0622 e. The normalized spacial score (nSPS) is 53.5. The van der Waals surface area contributed by atoms with Gasteiger partial charge in [-0.15, -0.1) is 0 Å². The maximum atomic E-state index is 2.47. The van der Waals surface area contributed by atoms with Crippen molar-refractivity contribution in [1.29, 1.82) is 0 Å². The first-order valence-electron chi connectivity index (χ1n) is 10.1. The lowest BCUT2D eigenvalue weighted by Crippen LogP contribution is -2.54. The van der Waals surface area contributed by atoms with Gasteiger partial charge >= 0.3 is 0 Å². The van der Waals surface area contributed by atoms with Crippen molar-refractivity contribution < 1.29 is 0 Å². The molecule has 6 rings (SSSR count). The number of hydrogen-bond donors (Lipinski definition) is 0. The standard InChI is InChI=1S/2C11H20/c2*1-7-5-9-6-10(8(7)2)11(9,3)4/h2*7-10H,5-6H2,1-4H3. The van der Waals surface area contributed by atoms with Crippen LogP contribution in [0.5, 0.6) is 0 Å². The molecule has 6 aliphatic carbocycles. The largest absolute Gasteiger partial charge is 0.0622 e. The van der Waals surface area contributed by atoms with E-state index in [-0.39, 0.29) is 0 Å². The predicted molar refractivity (Wildman–Crippen MR) is 96.6 cm³/mol. The Balaban J connectivity index is 0.000000131. The van der Waals surface area contributed by atoms with Gasteiger partial charge in [0.15, 0.2) is 0 Å². The van der Waals surface area contributed by atoms with Crippen LogP contribution in [-0.4, -0.2) is 0 Å². The zero-order valence-corrected chi connectivity index (χ0v) is 16.4. The fourth-order valence-corrected chi connectivity index (χ4v) is 6.82. The molecule has 4 bridgehead atoms. The molecule has 0 aliphatic heterocycles. The molecular weight excluding hydrogens is 264 g/mol. The molecule has 0 aromatic rings. The summed E-state index contributed by atoms with van der Waals surface area (Å²) >= 11 is 0. The van der Waals surface area contributed by atoms with Gasteiger partial charge in [-0.25, -0.2) is 0 Å². The van der Waals surface area contributed by atoms with Crippen LogP contribution >= 0.6 is 0 Å². The van der Waals surface area contributed by atoms with Gasteiger partial charge in [0.05, 0.1) is 0 Å². The van der Waals surface area contributed by atoms with Gasteiger partial charge in [0.2, 0.25) is 0 Å². The van der Waals surface area contributed by atoms with Crippen LogP contribution in [0.25, 0.3) is 0 Å². The van der Waals surface area contributed by atoms with E-state index in [1.165, 1.54) is 25.7 Å². The zero-order valence-electron chi connectivity index (χ0n) is 16.4. The molecule has 0 heterocycles. The number of hydrogen-bond acceptors (Lipinski definition) is 0. The van der Waals surface area contributed by atoms with Crippen LogP contribution in [0.2, 0.25) is 0 Å². The molecular formula is C22H40. The van der Waals surface area contributed by atoms with Gasteiger partial charge in [-0.2, -0.15) is 0 Å². The van der Waals surface area contributed by atoms with Crippen LogP contribution in [0.4, 0.5) is 0 Å². The van der Waals surface area contributed by atoms with E-state index >= 15 is 0 Å². The molecule has 0 radical (unpaired) electrons. The molecule has 0 heteroatoms. The van der Waals surface area contributed by atoms with Crippen molar-refractivity contribution in [3.8, 4) is 0 Å². The second kappa shape index (κ2) is 5.25. The first-order valence-corrected chi connectivity index (χ1v) is 10.1. The number of fused-ring (bicyclic) bond motifs is 4. The minimum atomic E-state index is 0.686. The van der Waals surface area contributed by atoms with Gasteiger partial charge in [-0.05, 0) is 83.9 Å². The molecule has 0 N–H and O–H groups in total. The third kappa shape index (κ3) is 2.30. The molecule has 6 fully saturated rings. The molecule has 6 aliphatic rings. The van der Waals surface area contributed by atoms with Gasteiger partial charge in [0.25, 0.3) is 0 Å². The van der Waals surface area contributed by atoms with Crippen molar-refractivity contribution in [2.75, 3.05) is 0 Å². The van der Waals surface area contributed by atoms with Crippen molar-refractivity contribution >= 4 is 0 Å². The van der Waals surface area contributed by atoms with Crippen LogP contribution in [0.3, 0.4) is 0 Å². The summed E-state index contributed by atoms with van der Waals surface area (Å²) in [4.78, 5) is 0. The first-order chi connectivity index (χ1) is 10.1. The van der Waals surface area contributed by atoms with Crippen molar-refractivity contribution in [1.82, 2.24) is 0 Å². The Hall–Kier alpha value is 0. The van der Waals surface area contributed by atoms with Crippen LogP contribution in [0.1, 0.15) is 81.1 Å². The fraction of sp³-hybridized carbons (Fsp3) is 1.00.